The molecule has 0 aromatic carbocycles. The molecule has 14 heavy (non-hydrogen) atoms. The van der Waals surface area contributed by atoms with Gasteiger partial charge in [-0.25, -0.2) is 9.97 Å². The van der Waals surface area contributed by atoms with Crippen LogP contribution in [0.3, 0.4) is 0 Å². The Balaban J connectivity index is 2.55. The summed E-state index contributed by atoms with van der Waals surface area (Å²) in [6.07, 6.45) is 2.85. The molecule has 0 radical (unpaired) electrons. The first kappa shape index (κ1) is 9.14. The number of hydrogen-bond acceptors (Lipinski definition) is 3. The summed E-state index contributed by atoms with van der Waals surface area (Å²) in [5, 5.41) is 0. The number of imidazole rings is 1. The SMILES string of the molecule is Nc1ncc(-c2cc(Br)cnc2F)[nH]1. The van der Waals surface area contributed by atoms with Gasteiger partial charge in [-0.2, -0.15) is 4.39 Å². The molecule has 2 aromatic rings. The highest BCUT2D eigenvalue weighted by atomic mass is 79.9. The molecule has 0 atom stereocenters. The number of aromatic amines is 1. The van der Waals surface area contributed by atoms with Crippen LogP contribution in [-0.2, 0) is 0 Å². The Morgan fingerprint density at radius 2 is 2.14 bits per heavy atom. The fraction of sp³-hybridized carbons (Fsp3) is 0. The average Bonchev–Trinajstić information content (AvgIpc) is 2.56. The van der Waals surface area contributed by atoms with E-state index in [4.69, 9.17) is 5.73 Å². The van der Waals surface area contributed by atoms with Gasteiger partial charge in [0.2, 0.25) is 5.95 Å². The van der Waals surface area contributed by atoms with Crippen LogP contribution in [0.15, 0.2) is 22.9 Å². The van der Waals surface area contributed by atoms with Gasteiger partial charge in [-0.05, 0) is 22.0 Å². The maximum absolute atomic E-state index is 13.2. The van der Waals surface area contributed by atoms with Crippen molar-refractivity contribution < 1.29 is 4.39 Å². The van der Waals surface area contributed by atoms with E-state index in [9.17, 15) is 4.39 Å². The Morgan fingerprint density at radius 1 is 1.36 bits per heavy atom. The Kier molecular flexibility index (Phi) is 2.20. The molecule has 0 aliphatic carbocycles. The van der Waals surface area contributed by atoms with Gasteiger partial charge in [0.05, 0.1) is 17.5 Å². The highest BCUT2D eigenvalue weighted by Gasteiger charge is 2.08. The Labute approximate surface area is 87.5 Å². The van der Waals surface area contributed by atoms with Crippen LogP contribution >= 0.6 is 15.9 Å². The van der Waals surface area contributed by atoms with Gasteiger partial charge in [0.25, 0.3) is 0 Å². The molecule has 0 saturated heterocycles. The smallest absolute Gasteiger partial charge is 0.222 e. The van der Waals surface area contributed by atoms with Gasteiger partial charge >= 0.3 is 0 Å². The van der Waals surface area contributed by atoms with Crippen molar-refractivity contribution in [3.8, 4) is 11.3 Å². The molecule has 0 unspecified atom stereocenters. The normalized spacial score (nSPS) is 10.4. The fourth-order valence-electron chi connectivity index (χ4n) is 1.08. The maximum Gasteiger partial charge on any atom is 0.222 e. The van der Waals surface area contributed by atoms with Crippen LogP contribution in [0.1, 0.15) is 0 Å². The number of nitrogens with zero attached hydrogens (tertiary/aromatic N) is 2. The summed E-state index contributed by atoms with van der Waals surface area (Å²) in [6, 6.07) is 1.61. The van der Waals surface area contributed by atoms with Crippen LogP contribution in [-0.4, -0.2) is 15.0 Å². The number of nitrogen functional groups attached to an aromatic ring is 1. The van der Waals surface area contributed by atoms with Crippen LogP contribution in [0, 0.1) is 5.95 Å². The van der Waals surface area contributed by atoms with Gasteiger partial charge in [0.1, 0.15) is 0 Å². The number of nitrogens with one attached hydrogen (secondary N) is 1. The van der Waals surface area contributed by atoms with Crippen molar-refractivity contribution in [3.63, 3.8) is 0 Å². The molecule has 0 aliphatic rings. The van der Waals surface area contributed by atoms with Crippen molar-refractivity contribution in [1.29, 1.82) is 0 Å². The molecule has 0 bridgehead atoms. The minimum atomic E-state index is -0.558. The second-order valence-electron chi connectivity index (χ2n) is 2.67. The summed E-state index contributed by atoms with van der Waals surface area (Å²) in [4.78, 5) is 10.1. The lowest BCUT2D eigenvalue weighted by Crippen LogP contribution is -1.90. The van der Waals surface area contributed by atoms with Gasteiger partial charge in [-0.15, -0.1) is 0 Å². The van der Waals surface area contributed by atoms with Crippen LogP contribution < -0.4 is 5.73 Å². The molecule has 6 heteroatoms. The topological polar surface area (TPSA) is 67.6 Å². The molecule has 2 rings (SSSR count). The van der Waals surface area contributed by atoms with Gasteiger partial charge < -0.3 is 10.7 Å². The highest BCUT2D eigenvalue weighted by molar-refractivity contribution is 9.10. The van der Waals surface area contributed by atoms with Gasteiger partial charge in [0, 0.05) is 10.7 Å². The molecule has 0 saturated carbocycles. The summed E-state index contributed by atoms with van der Waals surface area (Å²) in [6.45, 7) is 0. The summed E-state index contributed by atoms with van der Waals surface area (Å²) in [5.41, 5.74) is 6.23. The minimum absolute atomic E-state index is 0.249. The highest BCUT2D eigenvalue weighted by Crippen LogP contribution is 2.23. The van der Waals surface area contributed by atoms with Gasteiger partial charge in [-0.1, -0.05) is 0 Å². The number of halogens is 2. The fourth-order valence-corrected chi connectivity index (χ4v) is 1.42. The van der Waals surface area contributed by atoms with Crippen molar-refractivity contribution >= 4 is 21.9 Å². The van der Waals surface area contributed by atoms with Crippen molar-refractivity contribution in [1.82, 2.24) is 15.0 Å². The quantitative estimate of drug-likeness (QED) is 0.767. The lowest BCUT2D eigenvalue weighted by atomic mass is 10.2. The first-order valence-electron chi connectivity index (χ1n) is 3.78. The van der Waals surface area contributed by atoms with E-state index in [0.717, 1.165) is 0 Å². The van der Waals surface area contributed by atoms with Crippen molar-refractivity contribution in [2.24, 2.45) is 0 Å². The first-order valence-corrected chi connectivity index (χ1v) is 4.58. The van der Waals surface area contributed by atoms with E-state index < -0.39 is 5.95 Å². The molecule has 72 valence electrons. The summed E-state index contributed by atoms with van der Waals surface area (Å²) in [7, 11) is 0. The van der Waals surface area contributed by atoms with Gasteiger partial charge in [0.15, 0.2) is 5.95 Å². The molecular formula is C8H6BrFN4. The van der Waals surface area contributed by atoms with Crippen molar-refractivity contribution in [3.05, 3.63) is 28.9 Å². The van der Waals surface area contributed by atoms with Gasteiger partial charge in [-0.3, -0.25) is 0 Å². The number of anilines is 1. The molecule has 2 heterocycles. The average molecular weight is 257 g/mol. The van der Waals surface area contributed by atoms with E-state index >= 15 is 0 Å². The standard InChI is InChI=1S/C8H6BrFN4/c9-4-1-5(7(10)12-2-4)6-3-13-8(11)14-6/h1-3H,(H3,11,13,14). The third-order valence-corrected chi connectivity index (χ3v) is 2.13. The maximum atomic E-state index is 13.2. The zero-order valence-corrected chi connectivity index (χ0v) is 8.55. The largest absolute Gasteiger partial charge is 0.369 e. The molecule has 0 spiro atoms. The van der Waals surface area contributed by atoms with Crippen molar-refractivity contribution in [2.45, 2.75) is 0 Å². The van der Waals surface area contributed by atoms with E-state index in [1.807, 2.05) is 0 Å². The number of pyridine rings is 1. The number of nitrogens with two attached hydrogens (primary N) is 1. The lowest BCUT2D eigenvalue weighted by Gasteiger charge is -1.99. The van der Waals surface area contributed by atoms with E-state index in [2.05, 4.69) is 30.9 Å². The van der Waals surface area contributed by atoms with E-state index in [0.29, 0.717) is 15.7 Å². The molecule has 4 nitrogen and oxygen atoms in total. The number of hydrogen-bond donors (Lipinski definition) is 2. The second-order valence-corrected chi connectivity index (χ2v) is 3.59. The molecule has 3 N–H and O–H groups in total. The van der Waals surface area contributed by atoms with E-state index in [1.54, 1.807) is 6.07 Å². The minimum Gasteiger partial charge on any atom is -0.369 e. The zero-order valence-electron chi connectivity index (χ0n) is 6.96. The molecular weight excluding hydrogens is 251 g/mol. The van der Waals surface area contributed by atoms with E-state index in [1.165, 1.54) is 12.4 Å². The Bertz CT molecular complexity index is 468. The second kappa shape index (κ2) is 3.38. The number of aromatic nitrogens is 3. The van der Waals surface area contributed by atoms with Crippen LogP contribution in [0.4, 0.5) is 10.3 Å². The third kappa shape index (κ3) is 1.60. The Hall–Kier alpha value is -1.43. The summed E-state index contributed by atoms with van der Waals surface area (Å²) >= 11 is 3.21. The lowest BCUT2D eigenvalue weighted by molar-refractivity contribution is 0.586. The molecule has 2 aromatic heterocycles. The predicted octanol–water partition coefficient (Wildman–Crippen LogP) is 1.96. The van der Waals surface area contributed by atoms with Crippen LogP contribution in [0.2, 0.25) is 0 Å². The zero-order chi connectivity index (χ0) is 10.1. The molecule has 0 aliphatic heterocycles. The van der Waals surface area contributed by atoms with E-state index in [-0.39, 0.29) is 5.95 Å². The summed E-state index contributed by atoms with van der Waals surface area (Å²) in [5.74, 6) is -0.309. The first-order chi connectivity index (χ1) is 6.66. The number of rotatable bonds is 1. The van der Waals surface area contributed by atoms with Crippen LogP contribution in [0.5, 0.6) is 0 Å². The summed E-state index contributed by atoms with van der Waals surface area (Å²) < 4.78 is 13.9. The molecule has 0 amide bonds. The van der Waals surface area contributed by atoms with Crippen LogP contribution in [0.25, 0.3) is 11.3 Å². The Morgan fingerprint density at radius 3 is 2.79 bits per heavy atom. The third-order valence-electron chi connectivity index (χ3n) is 1.69. The predicted molar refractivity (Wildman–Crippen MR) is 53.9 cm³/mol. The monoisotopic (exact) mass is 256 g/mol. The number of H-pyrrole nitrogens is 1. The van der Waals surface area contributed by atoms with Crippen molar-refractivity contribution in [2.75, 3.05) is 5.73 Å². The molecule has 0 fully saturated rings.